The van der Waals surface area contributed by atoms with Gasteiger partial charge in [-0.25, -0.2) is 0 Å². The average molecular weight is 345 g/mol. The summed E-state index contributed by atoms with van der Waals surface area (Å²) in [4.78, 5) is 27.5. The van der Waals surface area contributed by atoms with Gasteiger partial charge in [-0.05, 0) is 57.3 Å². The predicted molar refractivity (Wildman–Crippen MR) is 101 cm³/mol. The molecule has 1 aliphatic rings. The molecule has 2 atom stereocenters. The Morgan fingerprint density at radius 2 is 2.08 bits per heavy atom. The summed E-state index contributed by atoms with van der Waals surface area (Å²) in [5, 5.41) is 6.16. The standard InChI is InChI=1S/C20H31N3O2/c1-14(2)18(22-19(24)17-9-5-7-15(3)11-17)20(25)23-10-6-8-16(13-23)12-21-4/h5,7,9,11,14,16,18,21H,6,8,10,12-13H2,1-4H3,(H,22,24). The van der Waals surface area contributed by atoms with Crippen molar-refractivity contribution in [2.45, 2.75) is 39.7 Å². The number of likely N-dealkylation sites (tertiary alicyclic amines) is 1. The summed E-state index contributed by atoms with van der Waals surface area (Å²) in [5.41, 5.74) is 1.64. The van der Waals surface area contributed by atoms with Crippen LogP contribution in [0.1, 0.15) is 42.6 Å². The van der Waals surface area contributed by atoms with Crippen molar-refractivity contribution in [1.82, 2.24) is 15.5 Å². The highest BCUT2D eigenvalue weighted by molar-refractivity contribution is 5.97. The van der Waals surface area contributed by atoms with Crippen molar-refractivity contribution < 1.29 is 9.59 Å². The topological polar surface area (TPSA) is 61.4 Å². The molecule has 1 aromatic carbocycles. The number of amides is 2. The summed E-state index contributed by atoms with van der Waals surface area (Å²) in [6.07, 6.45) is 2.17. The molecule has 25 heavy (non-hydrogen) atoms. The number of nitrogens with zero attached hydrogens (tertiary/aromatic N) is 1. The zero-order valence-corrected chi connectivity index (χ0v) is 15.8. The van der Waals surface area contributed by atoms with Crippen molar-refractivity contribution in [2.75, 3.05) is 26.7 Å². The number of hydrogen-bond acceptors (Lipinski definition) is 3. The summed E-state index contributed by atoms with van der Waals surface area (Å²) < 4.78 is 0. The summed E-state index contributed by atoms with van der Waals surface area (Å²) in [6, 6.07) is 6.97. The van der Waals surface area contributed by atoms with Crippen LogP contribution in [-0.2, 0) is 4.79 Å². The van der Waals surface area contributed by atoms with Gasteiger partial charge in [0.15, 0.2) is 0 Å². The monoisotopic (exact) mass is 345 g/mol. The summed E-state index contributed by atoms with van der Waals surface area (Å²) in [6.45, 7) is 8.39. The maximum atomic E-state index is 13.0. The molecule has 2 amide bonds. The maximum absolute atomic E-state index is 13.0. The van der Waals surface area contributed by atoms with E-state index >= 15 is 0 Å². The zero-order valence-electron chi connectivity index (χ0n) is 15.8. The first-order valence-corrected chi connectivity index (χ1v) is 9.23. The van der Waals surface area contributed by atoms with E-state index in [2.05, 4.69) is 10.6 Å². The number of carbonyl (C=O) groups is 2. The van der Waals surface area contributed by atoms with Gasteiger partial charge in [0.05, 0.1) is 0 Å². The van der Waals surface area contributed by atoms with Crippen LogP contribution in [0.5, 0.6) is 0 Å². The van der Waals surface area contributed by atoms with Gasteiger partial charge < -0.3 is 15.5 Å². The van der Waals surface area contributed by atoms with Gasteiger partial charge in [-0.1, -0.05) is 31.5 Å². The van der Waals surface area contributed by atoms with E-state index in [1.54, 1.807) is 6.07 Å². The second-order valence-corrected chi connectivity index (χ2v) is 7.41. The van der Waals surface area contributed by atoms with E-state index in [-0.39, 0.29) is 17.7 Å². The fourth-order valence-electron chi connectivity index (χ4n) is 3.44. The van der Waals surface area contributed by atoms with Gasteiger partial charge in [0.2, 0.25) is 5.91 Å². The highest BCUT2D eigenvalue weighted by Crippen LogP contribution is 2.18. The quantitative estimate of drug-likeness (QED) is 0.831. The van der Waals surface area contributed by atoms with Gasteiger partial charge in [0, 0.05) is 18.7 Å². The second-order valence-electron chi connectivity index (χ2n) is 7.41. The fourth-order valence-corrected chi connectivity index (χ4v) is 3.44. The van der Waals surface area contributed by atoms with E-state index in [4.69, 9.17) is 0 Å². The van der Waals surface area contributed by atoms with Gasteiger partial charge in [-0.3, -0.25) is 9.59 Å². The van der Waals surface area contributed by atoms with Gasteiger partial charge in [-0.2, -0.15) is 0 Å². The van der Waals surface area contributed by atoms with Crippen molar-refractivity contribution in [3.8, 4) is 0 Å². The van der Waals surface area contributed by atoms with Crippen LogP contribution in [0.15, 0.2) is 24.3 Å². The second kappa shape index (κ2) is 8.99. The molecule has 5 nitrogen and oxygen atoms in total. The Morgan fingerprint density at radius 3 is 2.72 bits per heavy atom. The van der Waals surface area contributed by atoms with Crippen molar-refractivity contribution >= 4 is 11.8 Å². The van der Waals surface area contributed by atoms with Crippen LogP contribution in [0.4, 0.5) is 0 Å². The SMILES string of the molecule is CNCC1CCCN(C(=O)C(NC(=O)c2cccc(C)c2)C(C)C)C1. The van der Waals surface area contributed by atoms with Crippen molar-refractivity contribution in [3.05, 3.63) is 35.4 Å². The molecule has 1 aliphatic heterocycles. The summed E-state index contributed by atoms with van der Waals surface area (Å²) >= 11 is 0. The fraction of sp³-hybridized carbons (Fsp3) is 0.600. The van der Waals surface area contributed by atoms with Crippen LogP contribution in [-0.4, -0.2) is 49.4 Å². The van der Waals surface area contributed by atoms with E-state index < -0.39 is 6.04 Å². The summed E-state index contributed by atoms with van der Waals surface area (Å²) in [7, 11) is 1.94. The number of aryl methyl sites for hydroxylation is 1. The maximum Gasteiger partial charge on any atom is 0.251 e. The molecule has 0 bridgehead atoms. The molecule has 0 saturated carbocycles. The molecule has 0 aromatic heterocycles. The highest BCUT2D eigenvalue weighted by atomic mass is 16.2. The Morgan fingerprint density at radius 1 is 1.32 bits per heavy atom. The van der Waals surface area contributed by atoms with E-state index in [1.165, 1.54) is 0 Å². The number of benzene rings is 1. The van der Waals surface area contributed by atoms with E-state index in [9.17, 15) is 9.59 Å². The smallest absolute Gasteiger partial charge is 0.251 e. The largest absolute Gasteiger partial charge is 0.341 e. The number of hydrogen-bond donors (Lipinski definition) is 2. The Balaban J connectivity index is 2.06. The summed E-state index contributed by atoms with van der Waals surface area (Å²) in [5.74, 6) is 0.394. The van der Waals surface area contributed by atoms with E-state index in [0.717, 1.165) is 38.0 Å². The lowest BCUT2D eigenvalue weighted by atomic mass is 9.95. The van der Waals surface area contributed by atoms with Gasteiger partial charge in [-0.15, -0.1) is 0 Å². The molecule has 0 radical (unpaired) electrons. The minimum Gasteiger partial charge on any atom is -0.341 e. The molecule has 1 saturated heterocycles. The molecule has 1 fully saturated rings. The lowest BCUT2D eigenvalue weighted by Crippen LogP contribution is -2.54. The first-order chi connectivity index (χ1) is 11.9. The first kappa shape index (κ1) is 19.4. The molecule has 138 valence electrons. The van der Waals surface area contributed by atoms with Gasteiger partial charge in [0.1, 0.15) is 6.04 Å². The number of piperidine rings is 1. The molecular formula is C20H31N3O2. The number of rotatable bonds is 6. The van der Waals surface area contributed by atoms with Crippen LogP contribution >= 0.6 is 0 Å². The average Bonchev–Trinajstić information content (AvgIpc) is 2.59. The first-order valence-electron chi connectivity index (χ1n) is 9.23. The van der Waals surface area contributed by atoms with Crippen LogP contribution in [0.2, 0.25) is 0 Å². The molecular weight excluding hydrogens is 314 g/mol. The third-order valence-electron chi connectivity index (χ3n) is 4.82. The molecule has 0 aliphatic carbocycles. The lowest BCUT2D eigenvalue weighted by molar-refractivity contribution is -0.136. The highest BCUT2D eigenvalue weighted by Gasteiger charge is 2.31. The minimum atomic E-state index is -0.485. The Hall–Kier alpha value is -1.88. The lowest BCUT2D eigenvalue weighted by Gasteiger charge is -2.36. The number of carbonyl (C=O) groups excluding carboxylic acids is 2. The normalized spacial score (nSPS) is 18.9. The van der Waals surface area contributed by atoms with Crippen LogP contribution in [0, 0.1) is 18.8 Å². The van der Waals surface area contributed by atoms with E-state index in [0.29, 0.717) is 11.5 Å². The molecule has 1 heterocycles. The van der Waals surface area contributed by atoms with Crippen molar-refractivity contribution in [2.24, 2.45) is 11.8 Å². The minimum absolute atomic E-state index is 0.0387. The van der Waals surface area contributed by atoms with Gasteiger partial charge in [0.25, 0.3) is 5.91 Å². The van der Waals surface area contributed by atoms with E-state index in [1.807, 2.05) is 50.9 Å². The Bertz CT molecular complexity index is 598. The van der Waals surface area contributed by atoms with Crippen molar-refractivity contribution in [1.29, 1.82) is 0 Å². The van der Waals surface area contributed by atoms with Crippen LogP contribution in [0.25, 0.3) is 0 Å². The molecule has 2 rings (SSSR count). The zero-order chi connectivity index (χ0) is 18.4. The Labute approximate surface area is 151 Å². The molecule has 0 spiro atoms. The third-order valence-corrected chi connectivity index (χ3v) is 4.82. The number of nitrogens with one attached hydrogen (secondary N) is 2. The van der Waals surface area contributed by atoms with Crippen LogP contribution < -0.4 is 10.6 Å². The molecule has 1 aromatic rings. The molecule has 5 heteroatoms. The van der Waals surface area contributed by atoms with Gasteiger partial charge >= 0.3 is 0 Å². The molecule has 2 unspecified atom stereocenters. The predicted octanol–water partition coefficient (Wildman–Crippen LogP) is 2.21. The van der Waals surface area contributed by atoms with Crippen LogP contribution in [0.3, 0.4) is 0 Å². The third kappa shape index (κ3) is 5.30. The van der Waals surface area contributed by atoms with Crippen molar-refractivity contribution in [3.63, 3.8) is 0 Å². The molecule has 2 N–H and O–H groups in total. The Kier molecular flexibility index (Phi) is 7.00.